The van der Waals surface area contributed by atoms with E-state index in [1.807, 2.05) is 0 Å². The third-order valence-corrected chi connectivity index (χ3v) is 7.03. The van der Waals surface area contributed by atoms with Crippen LogP contribution >= 0.6 is 0 Å². The molecule has 0 saturated carbocycles. The van der Waals surface area contributed by atoms with Crippen molar-refractivity contribution in [1.29, 1.82) is 0 Å². The fourth-order valence-electron chi connectivity index (χ4n) is 5.39. The van der Waals surface area contributed by atoms with Crippen molar-refractivity contribution in [3.8, 4) is 0 Å². The van der Waals surface area contributed by atoms with E-state index >= 15 is 0 Å². The number of rotatable bonds is 6. The maximum Gasteiger partial charge on any atom is 0.134 e. The van der Waals surface area contributed by atoms with Gasteiger partial charge < -0.3 is 19.6 Å². The molecule has 0 spiro atoms. The third kappa shape index (κ3) is 5.62. The van der Waals surface area contributed by atoms with E-state index in [1.54, 1.807) is 6.33 Å². The Balaban J connectivity index is 1.26. The largest absolute Gasteiger partial charge is 0.396 e. The van der Waals surface area contributed by atoms with E-state index in [0.29, 0.717) is 18.1 Å². The lowest BCUT2D eigenvalue weighted by molar-refractivity contribution is -0.0690. The molecule has 3 atom stereocenters. The number of hydrogen-bond acceptors (Lipinski definition) is 7. The lowest BCUT2D eigenvalue weighted by atomic mass is 9.93. The van der Waals surface area contributed by atoms with Gasteiger partial charge in [-0.1, -0.05) is 0 Å². The monoisotopic (exact) mass is 417 g/mol. The molecular weight excluding hydrogens is 378 g/mol. The summed E-state index contributed by atoms with van der Waals surface area (Å²) in [5.74, 6) is 3.24. The highest BCUT2D eigenvalue weighted by Gasteiger charge is 2.26. The SMILES string of the molecule is CC1CN(CCC2CCN(c3cc(N4CCCC(CO)C4)ncn3)CC2)CC(C)O1. The van der Waals surface area contributed by atoms with E-state index in [4.69, 9.17) is 4.74 Å². The summed E-state index contributed by atoms with van der Waals surface area (Å²) in [4.78, 5) is 16.4. The molecule has 3 saturated heterocycles. The van der Waals surface area contributed by atoms with Gasteiger partial charge in [0.15, 0.2) is 0 Å². The van der Waals surface area contributed by atoms with E-state index in [9.17, 15) is 5.11 Å². The van der Waals surface area contributed by atoms with Crippen LogP contribution in [-0.2, 0) is 4.74 Å². The molecule has 3 fully saturated rings. The van der Waals surface area contributed by atoms with E-state index in [0.717, 1.165) is 69.7 Å². The Morgan fingerprint density at radius 3 is 2.33 bits per heavy atom. The van der Waals surface area contributed by atoms with Gasteiger partial charge in [0.25, 0.3) is 0 Å². The lowest BCUT2D eigenvalue weighted by Crippen LogP contribution is -2.46. The summed E-state index contributed by atoms with van der Waals surface area (Å²) in [6.45, 7) is 12.1. The molecule has 3 unspecified atom stereocenters. The number of aliphatic hydroxyl groups excluding tert-OH is 1. The standard InChI is InChI=1S/C23H39N5O2/c1-18-13-26(14-19(2)30-18)9-5-20-6-10-27(11-7-20)22-12-23(25-17-24-22)28-8-3-4-21(15-28)16-29/h12,17-21,29H,3-11,13-16H2,1-2H3. The number of hydrogen-bond donors (Lipinski definition) is 1. The van der Waals surface area contributed by atoms with Crippen molar-refractivity contribution < 1.29 is 9.84 Å². The topological polar surface area (TPSA) is 65.0 Å². The van der Waals surface area contributed by atoms with E-state index in [2.05, 4.69) is 44.6 Å². The molecule has 0 aliphatic carbocycles. The molecule has 0 amide bonds. The first-order valence-corrected chi connectivity index (χ1v) is 11.9. The molecule has 168 valence electrons. The maximum atomic E-state index is 9.51. The Morgan fingerprint density at radius 2 is 1.63 bits per heavy atom. The van der Waals surface area contributed by atoms with Gasteiger partial charge >= 0.3 is 0 Å². The quantitative estimate of drug-likeness (QED) is 0.762. The van der Waals surface area contributed by atoms with Gasteiger partial charge in [-0.05, 0) is 64.3 Å². The fraction of sp³-hybridized carbons (Fsp3) is 0.826. The van der Waals surface area contributed by atoms with Crippen LogP contribution in [0.15, 0.2) is 12.4 Å². The smallest absolute Gasteiger partial charge is 0.134 e. The van der Waals surface area contributed by atoms with Crippen molar-refractivity contribution in [2.24, 2.45) is 11.8 Å². The van der Waals surface area contributed by atoms with Crippen molar-refractivity contribution in [2.45, 2.75) is 58.2 Å². The van der Waals surface area contributed by atoms with Crippen LogP contribution in [0.1, 0.15) is 46.0 Å². The predicted molar refractivity (Wildman–Crippen MR) is 120 cm³/mol. The second-order valence-electron chi connectivity index (χ2n) is 9.61. The Kier molecular flexibility index (Phi) is 7.44. The first-order valence-electron chi connectivity index (χ1n) is 11.9. The number of piperidine rings is 2. The normalized spacial score (nSPS) is 29.4. The minimum absolute atomic E-state index is 0.268. The van der Waals surface area contributed by atoms with Crippen molar-refractivity contribution in [3.05, 3.63) is 12.4 Å². The molecule has 0 radical (unpaired) electrons. The fourth-order valence-corrected chi connectivity index (χ4v) is 5.39. The summed E-state index contributed by atoms with van der Waals surface area (Å²) in [6, 6.07) is 2.15. The van der Waals surface area contributed by atoms with Crippen LogP contribution in [0.4, 0.5) is 11.6 Å². The van der Waals surface area contributed by atoms with Crippen LogP contribution in [0.5, 0.6) is 0 Å². The minimum Gasteiger partial charge on any atom is -0.396 e. The van der Waals surface area contributed by atoms with Crippen molar-refractivity contribution in [1.82, 2.24) is 14.9 Å². The first kappa shape index (κ1) is 21.8. The van der Waals surface area contributed by atoms with Crippen LogP contribution in [0.3, 0.4) is 0 Å². The molecule has 30 heavy (non-hydrogen) atoms. The summed E-state index contributed by atoms with van der Waals surface area (Å²) in [6.07, 6.45) is 8.43. The number of aromatic nitrogens is 2. The van der Waals surface area contributed by atoms with Crippen molar-refractivity contribution in [3.63, 3.8) is 0 Å². The minimum atomic E-state index is 0.268. The molecule has 1 N–H and O–H groups in total. The first-order chi connectivity index (χ1) is 14.6. The Bertz CT molecular complexity index is 657. The zero-order valence-corrected chi connectivity index (χ0v) is 18.7. The Hall–Kier alpha value is -1.44. The zero-order valence-electron chi connectivity index (χ0n) is 18.7. The van der Waals surface area contributed by atoms with Crippen LogP contribution in [-0.4, -0.2) is 84.6 Å². The van der Waals surface area contributed by atoms with Gasteiger partial charge in [0.2, 0.25) is 0 Å². The van der Waals surface area contributed by atoms with Crippen molar-refractivity contribution >= 4 is 11.6 Å². The number of anilines is 2. The molecule has 3 aliphatic heterocycles. The highest BCUT2D eigenvalue weighted by Crippen LogP contribution is 2.28. The molecule has 1 aromatic heterocycles. The number of nitrogens with zero attached hydrogens (tertiary/aromatic N) is 5. The van der Waals surface area contributed by atoms with E-state index in [-0.39, 0.29) is 6.61 Å². The number of ether oxygens (including phenoxy) is 1. The lowest BCUT2D eigenvalue weighted by Gasteiger charge is -2.37. The summed E-state index contributed by atoms with van der Waals surface area (Å²) in [7, 11) is 0. The predicted octanol–water partition coefficient (Wildman–Crippen LogP) is 2.40. The van der Waals surface area contributed by atoms with Gasteiger partial charge in [0.1, 0.15) is 18.0 Å². The molecule has 0 aromatic carbocycles. The average Bonchev–Trinajstić information content (AvgIpc) is 2.77. The second kappa shape index (κ2) is 10.2. The molecular formula is C23H39N5O2. The highest BCUT2D eigenvalue weighted by molar-refractivity contribution is 5.50. The molecule has 0 bridgehead atoms. The summed E-state index contributed by atoms with van der Waals surface area (Å²) in [5.41, 5.74) is 0. The summed E-state index contributed by atoms with van der Waals surface area (Å²) < 4.78 is 5.86. The van der Waals surface area contributed by atoms with Crippen molar-refractivity contribution in [2.75, 3.05) is 62.2 Å². The van der Waals surface area contributed by atoms with Crippen LogP contribution in [0, 0.1) is 11.8 Å². The van der Waals surface area contributed by atoms with Gasteiger partial charge in [-0.15, -0.1) is 0 Å². The van der Waals surface area contributed by atoms with Crippen LogP contribution < -0.4 is 9.80 Å². The van der Waals surface area contributed by atoms with Gasteiger partial charge in [0, 0.05) is 51.9 Å². The second-order valence-corrected chi connectivity index (χ2v) is 9.61. The molecule has 7 heteroatoms. The molecule has 7 nitrogen and oxygen atoms in total. The molecule has 4 rings (SSSR count). The van der Waals surface area contributed by atoms with Gasteiger partial charge in [0.05, 0.1) is 12.2 Å². The number of morpholine rings is 1. The van der Waals surface area contributed by atoms with Gasteiger partial charge in [-0.3, -0.25) is 4.90 Å². The third-order valence-electron chi connectivity index (χ3n) is 7.03. The van der Waals surface area contributed by atoms with Crippen LogP contribution in [0.2, 0.25) is 0 Å². The summed E-state index contributed by atoms with van der Waals surface area (Å²) >= 11 is 0. The van der Waals surface area contributed by atoms with Gasteiger partial charge in [-0.25, -0.2) is 9.97 Å². The molecule has 3 aliphatic rings. The number of aliphatic hydroxyl groups is 1. The molecule has 1 aromatic rings. The Labute approximate surface area is 181 Å². The zero-order chi connectivity index (χ0) is 20.9. The molecule has 4 heterocycles. The average molecular weight is 418 g/mol. The highest BCUT2D eigenvalue weighted by atomic mass is 16.5. The van der Waals surface area contributed by atoms with Gasteiger partial charge in [-0.2, -0.15) is 0 Å². The Morgan fingerprint density at radius 1 is 0.933 bits per heavy atom. The van der Waals surface area contributed by atoms with E-state index < -0.39 is 0 Å². The maximum absolute atomic E-state index is 9.51. The van der Waals surface area contributed by atoms with E-state index in [1.165, 1.54) is 25.8 Å². The van der Waals surface area contributed by atoms with Crippen LogP contribution in [0.25, 0.3) is 0 Å². The summed E-state index contributed by atoms with van der Waals surface area (Å²) in [5, 5.41) is 9.51.